The van der Waals surface area contributed by atoms with Crippen LogP contribution in [0.2, 0.25) is 0 Å². The number of rotatable bonds is 2. The molecule has 12 rings (SSSR count). The molecule has 9 aromatic rings. The van der Waals surface area contributed by atoms with E-state index in [1.165, 1.54) is 103 Å². The first-order chi connectivity index (χ1) is 24.1. The predicted molar refractivity (Wildman–Crippen MR) is 210 cm³/mol. The molecular formula is C45H29BN2S. The van der Waals surface area contributed by atoms with Gasteiger partial charge >= 0.3 is 6.85 Å². The highest BCUT2D eigenvalue weighted by molar-refractivity contribution is 7.25. The van der Waals surface area contributed by atoms with Gasteiger partial charge in [0, 0.05) is 59.0 Å². The van der Waals surface area contributed by atoms with Crippen molar-refractivity contribution in [3.05, 3.63) is 151 Å². The third-order valence-electron chi connectivity index (χ3n) is 11.7. The van der Waals surface area contributed by atoms with E-state index in [9.17, 15) is 0 Å². The van der Waals surface area contributed by atoms with Gasteiger partial charge in [-0.05, 0) is 75.1 Å². The predicted octanol–water partition coefficient (Wildman–Crippen LogP) is 10.7. The molecule has 0 bridgehead atoms. The molecule has 0 amide bonds. The first-order valence-corrected chi connectivity index (χ1v) is 18.0. The summed E-state index contributed by atoms with van der Waals surface area (Å²) in [6.07, 6.45) is 0. The number of hydrogen-bond acceptors (Lipinski definition) is 2. The minimum absolute atomic E-state index is 0.0398. The molecule has 2 aromatic heterocycles. The van der Waals surface area contributed by atoms with Gasteiger partial charge in [0.25, 0.3) is 0 Å². The van der Waals surface area contributed by atoms with Gasteiger partial charge in [-0.15, -0.1) is 11.3 Å². The molecule has 5 heterocycles. The standard InChI is InChI=1S/C45H29BN2S/c1-45(2)34-17-10-16-31-40-32(26-22-23-30-29-15-7-9-21-38(29)49-39(30)24-26)25-33-28-14-6-8-20-37(28)48(27-12-4-3-5-13-27)46-36-19-11-18-35(45)43(36)47(42(31)34)44(40)41(33)46/h3-25H,1-2H3. The van der Waals surface area contributed by atoms with E-state index in [0.29, 0.717) is 0 Å². The third-order valence-corrected chi connectivity index (χ3v) is 12.9. The van der Waals surface area contributed by atoms with E-state index in [-0.39, 0.29) is 12.3 Å². The summed E-state index contributed by atoms with van der Waals surface area (Å²) in [5.41, 5.74) is 17.3. The summed E-state index contributed by atoms with van der Waals surface area (Å²) < 4.78 is 5.35. The molecule has 2 nitrogen and oxygen atoms in total. The minimum Gasteiger partial charge on any atom is -0.376 e. The zero-order valence-electron chi connectivity index (χ0n) is 27.2. The van der Waals surface area contributed by atoms with Crippen molar-refractivity contribution in [2.75, 3.05) is 4.81 Å². The van der Waals surface area contributed by atoms with Gasteiger partial charge in [0.1, 0.15) is 0 Å². The fraction of sp³-hybridized carbons (Fsp3) is 0.0667. The van der Waals surface area contributed by atoms with Crippen LogP contribution in [0.4, 0.5) is 11.4 Å². The number of benzene rings is 7. The van der Waals surface area contributed by atoms with Crippen molar-refractivity contribution >= 4 is 82.5 Å². The molecule has 0 radical (unpaired) electrons. The molecule has 0 atom stereocenters. The van der Waals surface area contributed by atoms with E-state index in [2.05, 4.69) is 163 Å². The number of aromatic nitrogens is 1. The first-order valence-electron chi connectivity index (χ1n) is 17.2. The van der Waals surface area contributed by atoms with E-state index in [1.54, 1.807) is 0 Å². The maximum absolute atomic E-state index is 2.67. The van der Waals surface area contributed by atoms with Crippen LogP contribution in [0, 0.1) is 0 Å². The number of anilines is 2. The van der Waals surface area contributed by atoms with Gasteiger partial charge in [-0.25, -0.2) is 0 Å². The van der Waals surface area contributed by atoms with Crippen LogP contribution in [-0.2, 0) is 5.41 Å². The smallest absolute Gasteiger partial charge is 0.333 e. The Labute approximate surface area is 288 Å². The highest BCUT2D eigenvalue weighted by Crippen LogP contribution is 2.53. The van der Waals surface area contributed by atoms with E-state index in [4.69, 9.17) is 0 Å². The lowest BCUT2D eigenvalue weighted by Gasteiger charge is -2.44. The normalized spacial score (nSPS) is 14.8. The molecule has 0 unspecified atom stereocenters. The van der Waals surface area contributed by atoms with Crippen LogP contribution in [-0.4, -0.2) is 11.4 Å². The summed E-state index contributed by atoms with van der Waals surface area (Å²) in [6.45, 7) is 4.88. The SMILES string of the molecule is CC1(C)c2cccc3c2-n2c4c1cccc4c1c(-c4ccc5c(c4)sc4ccccc45)cc4c(c12)B3N(c1ccccc1)c1ccccc1-4. The average molecular weight is 641 g/mol. The molecule has 3 aliphatic heterocycles. The Morgan fingerprint density at radius 1 is 0.571 bits per heavy atom. The van der Waals surface area contributed by atoms with Crippen LogP contribution in [0.1, 0.15) is 25.0 Å². The molecule has 0 fully saturated rings. The Morgan fingerprint density at radius 3 is 2.24 bits per heavy atom. The van der Waals surface area contributed by atoms with Crippen LogP contribution in [0.5, 0.6) is 0 Å². The van der Waals surface area contributed by atoms with E-state index >= 15 is 0 Å². The molecule has 0 aliphatic carbocycles. The largest absolute Gasteiger partial charge is 0.376 e. The highest BCUT2D eigenvalue weighted by Gasteiger charge is 2.48. The number of para-hydroxylation sites is 4. The Kier molecular flexibility index (Phi) is 4.79. The number of fused-ring (bicyclic) bond motifs is 7. The summed E-state index contributed by atoms with van der Waals surface area (Å²) in [5.74, 6) is 0. The van der Waals surface area contributed by atoms with Crippen LogP contribution >= 0.6 is 11.3 Å². The summed E-state index contributed by atoms with van der Waals surface area (Å²) in [6, 6.07) is 52.7. The number of thiophene rings is 1. The highest BCUT2D eigenvalue weighted by atomic mass is 32.1. The Morgan fingerprint density at radius 2 is 1.33 bits per heavy atom. The van der Waals surface area contributed by atoms with E-state index in [1.807, 2.05) is 11.3 Å². The lowest BCUT2D eigenvalue weighted by atomic mass is 9.43. The second kappa shape index (κ2) is 8.90. The van der Waals surface area contributed by atoms with Gasteiger partial charge < -0.3 is 9.38 Å². The Bertz CT molecular complexity index is 2930. The zero-order chi connectivity index (χ0) is 32.2. The molecular weight excluding hydrogens is 611 g/mol. The maximum atomic E-state index is 2.67. The van der Waals surface area contributed by atoms with Crippen molar-refractivity contribution in [2.24, 2.45) is 0 Å². The molecule has 4 heteroatoms. The second-order valence-corrected chi connectivity index (χ2v) is 15.5. The summed E-state index contributed by atoms with van der Waals surface area (Å²) in [5, 5.41) is 5.40. The summed E-state index contributed by atoms with van der Waals surface area (Å²) >= 11 is 1.90. The van der Waals surface area contributed by atoms with Gasteiger partial charge in [-0.2, -0.15) is 0 Å². The first kappa shape index (κ1) is 26.4. The van der Waals surface area contributed by atoms with Gasteiger partial charge in [-0.3, -0.25) is 0 Å². The molecule has 7 aromatic carbocycles. The van der Waals surface area contributed by atoms with Gasteiger partial charge in [0.15, 0.2) is 0 Å². The van der Waals surface area contributed by atoms with Crippen molar-refractivity contribution in [3.8, 4) is 27.9 Å². The molecule has 0 spiro atoms. The molecule has 49 heavy (non-hydrogen) atoms. The maximum Gasteiger partial charge on any atom is 0.333 e. The Hall–Kier alpha value is -5.58. The minimum atomic E-state index is -0.143. The average Bonchev–Trinajstić information content (AvgIpc) is 3.70. The van der Waals surface area contributed by atoms with Crippen molar-refractivity contribution in [3.63, 3.8) is 0 Å². The monoisotopic (exact) mass is 640 g/mol. The van der Waals surface area contributed by atoms with Crippen LogP contribution in [0.25, 0.3) is 69.9 Å². The topological polar surface area (TPSA) is 8.17 Å². The van der Waals surface area contributed by atoms with Crippen molar-refractivity contribution in [1.82, 2.24) is 4.57 Å². The van der Waals surface area contributed by atoms with Crippen molar-refractivity contribution < 1.29 is 0 Å². The summed E-state index contributed by atoms with van der Waals surface area (Å²) in [7, 11) is 0. The lowest BCUT2D eigenvalue weighted by molar-refractivity contribution is 0.631. The third kappa shape index (κ3) is 3.11. The fourth-order valence-corrected chi connectivity index (χ4v) is 10.8. The lowest BCUT2D eigenvalue weighted by Crippen LogP contribution is -2.61. The van der Waals surface area contributed by atoms with Crippen molar-refractivity contribution in [2.45, 2.75) is 19.3 Å². The van der Waals surface area contributed by atoms with Crippen LogP contribution in [0.15, 0.2) is 140 Å². The number of nitrogens with zero attached hydrogens (tertiary/aromatic N) is 2. The van der Waals surface area contributed by atoms with Crippen LogP contribution < -0.4 is 15.7 Å². The second-order valence-electron chi connectivity index (χ2n) is 14.4. The molecule has 0 saturated carbocycles. The van der Waals surface area contributed by atoms with Crippen LogP contribution in [0.3, 0.4) is 0 Å². The van der Waals surface area contributed by atoms with Gasteiger partial charge in [-0.1, -0.05) is 117 Å². The number of hydrogen-bond donors (Lipinski definition) is 0. The molecule has 3 aliphatic rings. The Balaban J connectivity index is 1.30. The van der Waals surface area contributed by atoms with Gasteiger partial charge in [0.05, 0.1) is 11.0 Å². The zero-order valence-corrected chi connectivity index (χ0v) is 28.0. The van der Waals surface area contributed by atoms with Gasteiger partial charge in [0.2, 0.25) is 0 Å². The van der Waals surface area contributed by atoms with E-state index in [0.717, 1.165) is 0 Å². The van der Waals surface area contributed by atoms with E-state index < -0.39 is 0 Å². The molecule has 0 saturated heterocycles. The quantitative estimate of drug-likeness (QED) is 0.171. The van der Waals surface area contributed by atoms with Crippen molar-refractivity contribution in [1.29, 1.82) is 0 Å². The molecule has 0 N–H and O–H groups in total. The summed E-state index contributed by atoms with van der Waals surface area (Å²) in [4.78, 5) is 2.61. The molecule has 228 valence electrons. The fourth-order valence-electron chi connectivity index (χ4n) is 9.67.